The van der Waals surface area contributed by atoms with Gasteiger partial charge in [0, 0.05) is 54.9 Å². The maximum absolute atomic E-state index is 13.1. The van der Waals surface area contributed by atoms with Crippen molar-refractivity contribution in [2.45, 2.75) is 12.8 Å². The average molecular weight is 488 g/mol. The van der Waals surface area contributed by atoms with Crippen LogP contribution < -0.4 is 4.90 Å². The Morgan fingerprint density at radius 1 is 0.968 bits per heavy atom. The number of hydrogen-bond acceptors (Lipinski definition) is 3. The Labute approximate surface area is 188 Å². The molecule has 2 saturated heterocycles. The first kappa shape index (κ1) is 21.5. The molecule has 2 aromatic carbocycles. The van der Waals surface area contributed by atoms with Gasteiger partial charge < -0.3 is 14.7 Å². The van der Waals surface area contributed by atoms with Crippen molar-refractivity contribution in [3.05, 3.63) is 64.4 Å². The quantitative estimate of drug-likeness (QED) is 0.667. The molecule has 2 fully saturated rings. The first-order chi connectivity index (χ1) is 14.9. The summed E-state index contributed by atoms with van der Waals surface area (Å²) < 4.78 is 14.0. The van der Waals surface area contributed by atoms with E-state index in [-0.39, 0.29) is 35.9 Å². The molecule has 0 N–H and O–H groups in total. The molecule has 2 heterocycles. The maximum Gasteiger partial charge on any atom is 0.253 e. The van der Waals surface area contributed by atoms with Crippen molar-refractivity contribution < 1.29 is 18.8 Å². The van der Waals surface area contributed by atoms with Crippen molar-refractivity contribution in [3.63, 3.8) is 0 Å². The summed E-state index contributed by atoms with van der Waals surface area (Å²) in [5, 5.41) is 0. The molecule has 2 aliphatic heterocycles. The Bertz CT molecular complexity index is 998. The largest absolute Gasteiger partial charge is 0.341 e. The van der Waals surface area contributed by atoms with Crippen LogP contribution >= 0.6 is 15.9 Å². The van der Waals surface area contributed by atoms with E-state index in [1.165, 1.54) is 24.3 Å². The Morgan fingerprint density at radius 3 is 2.42 bits per heavy atom. The van der Waals surface area contributed by atoms with Gasteiger partial charge in [-0.3, -0.25) is 14.4 Å². The molecular weight excluding hydrogens is 465 g/mol. The molecular formula is C23H23BrFN3O3. The van der Waals surface area contributed by atoms with Crippen molar-refractivity contribution in [2.24, 2.45) is 5.92 Å². The summed E-state index contributed by atoms with van der Waals surface area (Å²) in [6.45, 7) is 2.29. The first-order valence-corrected chi connectivity index (χ1v) is 11.1. The predicted octanol–water partition coefficient (Wildman–Crippen LogP) is 3.32. The van der Waals surface area contributed by atoms with E-state index in [1.807, 2.05) is 24.3 Å². The fraction of sp³-hybridized carbons (Fsp3) is 0.348. The average Bonchev–Trinajstić information content (AvgIpc) is 2.99. The minimum absolute atomic E-state index is 0.0399. The number of carbonyl (C=O) groups excluding carboxylic acids is 3. The molecule has 0 bridgehead atoms. The topological polar surface area (TPSA) is 60.9 Å². The highest BCUT2D eigenvalue weighted by Crippen LogP contribution is 2.28. The second-order valence-corrected chi connectivity index (χ2v) is 8.78. The highest BCUT2D eigenvalue weighted by molar-refractivity contribution is 9.10. The van der Waals surface area contributed by atoms with E-state index in [2.05, 4.69) is 15.9 Å². The molecule has 0 spiro atoms. The molecule has 6 nitrogen and oxygen atoms in total. The van der Waals surface area contributed by atoms with Crippen LogP contribution in [0.25, 0.3) is 0 Å². The molecule has 1 unspecified atom stereocenters. The van der Waals surface area contributed by atoms with Crippen LogP contribution in [0.15, 0.2) is 53.0 Å². The van der Waals surface area contributed by atoms with Crippen molar-refractivity contribution in [1.82, 2.24) is 9.80 Å². The maximum atomic E-state index is 13.1. The Hall–Kier alpha value is -2.74. The number of rotatable bonds is 3. The number of halogens is 2. The number of hydrogen-bond donors (Lipinski definition) is 0. The van der Waals surface area contributed by atoms with E-state index in [1.54, 1.807) is 14.7 Å². The molecule has 0 saturated carbocycles. The molecule has 0 radical (unpaired) electrons. The Balaban J connectivity index is 1.38. The number of carbonyl (C=O) groups is 3. The van der Waals surface area contributed by atoms with E-state index >= 15 is 0 Å². The van der Waals surface area contributed by atoms with Crippen LogP contribution in [0.5, 0.6) is 0 Å². The van der Waals surface area contributed by atoms with Gasteiger partial charge in [-0.25, -0.2) is 4.39 Å². The first-order valence-electron chi connectivity index (χ1n) is 10.3. The van der Waals surface area contributed by atoms with E-state index < -0.39 is 0 Å². The SMILES string of the molecule is O=C(c1ccc(F)cc1)N1CCCN(C(=O)C2CC(=O)N(c3cccc(Br)c3)C2)CC1. The van der Waals surface area contributed by atoms with Crippen molar-refractivity contribution >= 4 is 39.3 Å². The van der Waals surface area contributed by atoms with Gasteiger partial charge in [-0.05, 0) is 48.9 Å². The lowest BCUT2D eigenvalue weighted by atomic mass is 10.1. The standard InChI is InChI=1S/C23H23BrFN3O3/c24-18-3-1-4-20(14-18)28-15-17(13-21(28)29)23(31)27-10-2-9-26(11-12-27)22(30)16-5-7-19(25)8-6-16/h1,3-8,14,17H,2,9-13,15H2. The highest BCUT2D eigenvalue weighted by atomic mass is 79.9. The van der Waals surface area contributed by atoms with E-state index in [9.17, 15) is 18.8 Å². The van der Waals surface area contributed by atoms with Crippen LogP contribution in [0.4, 0.5) is 10.1 Å². The molecule has 8 heteroatoms. The van der Waals surface area contributed by atoms with Gasteiger partial charge in [-0.15, -0.1) is 0 Å². The van der Waals surface area contributed by atoms with Gasteiger partial charge in [0.15, 0.2) is 0 Å². The van der Waals surface area contributed by atoms with Crippen LogP contribution in [0.3, 0.4) is 0 Å². The van der Waals surface area contributed by atoms with Gasteiger partial charge in [0.05, 0.1) is 5.92 Å². The number of amides is 3. The molecule has 0 aromatic heterocycles. The van der Waals surface area contributed by atoms with Crippen LogP contribution in [0.1, 0.15) is 23.2 Å². The summed E-state index contributed by atoms with van der Waals surface area (Å²) >= 11 is 3.42. The smallest absolute Gasteiger partial charge is 0.253 e. The van der Waals surface area contributed by atoms with Gasteiger partial charge in [-0.2, -0.15) is 0 Å². The molecule has 3 amide bonds. The number of anilines is 1. The summed E-state index contributed by atoms with van der Waals surface area (Å²) in [6, 6.07) is 13.0. The van der Waals surface area contributed by atoms with Crippen molar-refractivity contribution in [2.75, 3.05) is 37.6 Å². The fourth-order valence-electron chi connectivity index (χ4n) is 4.14. The predicted molar refractivity (Wildman–Crippen MR) is 118 cm³/mol. The fourth-order valence-corrected chi connectivity index (χ4v) is 4.53. The van der Waals surface area contributed by atoms with Gasteiger partial charge in [0.1, 0.15) is 5.82 Å². The third kappa shape index (κ3) is 4.79. The third-order valence-electron chi connectivity index (χ3n) is 5.78. The van der Waals surface area contributed by atoms with Gasteiger partial charge in [0.25, 0.3) is 5.91 Å². The molecule has 0 aliphatic carbocycles. The van der Waals surface area contributed by atoms with Gasteiger partial charge in [-0.1, -0.05) is 22.0 Å². The van der Waals surface area contributed by atoms with Crippen LogP contribution in [-0.2, 0) is 9.59 Å². The Kier molecular flexibility index (Phi) is 6.36. The van der Waals surface area contributed by atoms with Gasteiger partial charge in [0.2, 0.25) is 11.8 Å². The van der Waals surface area contributed by atoms with E-state index in [0.717, 1.165) is 10.2 Å². The second-order valence-electron chi connectivity index (χ2n) is 7.86. The molecule has 162 valence electrons. The van der Waals surface area contributed by atoms with Crippen molar-refractivity contribution in [1.29, 1.82) is 0 Å². The number of benzene rings is 2. The van der Waals surface area contributed by atoms with E-state index in [0.29, 0.717) is 44.7 Å². The summed E-state index contributed by atoms with van der Waals surface area (Å²) in [5.74, 6) is -1.02. The summed E-state index contributed by atoms with van der Waals surface area (Å²) in [7, 11) is 0. The highest BCUT2D eigenvalue weighted by Gasteiger charge is 2.37. The molecule has 1 atom stereocenters. The molecule has 2 aromatic rings. The lowest BCUT2D eigenvalue weighted by Crippen LogP contribution is -2.40. The molecule has 31 heavy (non-hydrogen) atoms. The Morgan fingerprint density at radius 2 is 1.68 bits per heavy atom. The zero-order valence-corrected chi connectivity index (χ0v) is 18.6. The van der Waals surface area contributed by atoms with Crippen LogP contribution in [0, 0.1) is 11.7 Å². The minimum atomic E-state index is -0.383. The van der Waals surface area contributed by atoms with Gasteiger partial charge >= 0.3 is 0 Å². The monoisotopic (exact) mass is 487 g/mol. The summed E-state index contributed by atoms with van der Waals surface area (Å²) in [4.78, 5) is 43.5. The summed E-state index contributed by atoms with van der Waals surface area (Å²) in [5.41, 5.74) is 1.22. The summed E-state index contributed by atoms with van der Waals surface area (Å²) in [6.07, 6.45) is 0.856. The second kappa shape index (κ2) is 9.18. The normalized spacial score (nSPS) is 19.5. The lowest BCUT2D eigenvalue weighted by molar-refractivity contribution is -0.135. The molecule has 4 rings (SSSR count). The van der Waals surface area contributed by atoms with Crippen LogP contribution in [0.2, 0.25) is 0 Å². The minimum Gasteiger partial charge on any atom is -0.341 e. The third-order valence-corrected chi connectivity index (χ3v) is 6.27. The van der Waals surface area contributed by atoms with E-state index in [4.69, 9.17) is 0 Å². The molecule has 2 aliphatic rings. The zero-order valence-electron chi connectivity index (χ0n) is 17.0. The number of nitrogens with zero attached hydrogens (tertiary/aromatic N) is 3. The zero-order chi connectivity index (χ0) is 22.0. The van der Waals surface area contributed by atoms with Crippen LogP contribution in [-0.4, -0.2) is 60.2 Å². The lowest BCUT2D eigenvalue weighted by Gasteiger charge is -2.24. The van der Waals surface area contributed by atoms with Crippen molar-refractivity contribution in [3.8, 4) is 0 Å².